The van der Waals surface area contributed by atoms with Gasteiger partial charge in [0.15, 0.2) is 0 Å². The predicted octanol–water partition coefficient (Wildman–Crippen LogP) is 2.25. The summed E-state index contributed by atoms with van der Waals surface area (Å²) in [7, 11) is 1.62. The Hall–Kier alpha value is -1.16. The number of hydrogen-bond acceptors (Lipinski definition) is 4. The van der Waals surface area contributed by atoms with Gasteiger partial charge < -0.3 is 4.74 Å². The van der Waals surface area contributed by atoms with E-state index >= 15 is 0 Å². The Morgan fingerprint density at radius 2 is 2.11 bits per heavy atom. The van der Waals surface area contributed by atoms with Gasteiger partial charge >= 0.3 is 0 Å². The van der Waals surface area contributed by atoms with E-state index in [0.717, 1.165) is 24.2 Å². The highest BCUT2D eigenvalue weighted by atomic mass is 16.5. The van der Waals surface area contributed by atoms with Crippen LogP contribution in [0.1, 0.15) is 37.8 Å². The maximum absolute atomic E-state index is 5.04. The highest BCUT2D eigenvalue weighted by Gasteiger charge is 2.34. The minimum Gasteiger partial charge on any atom is -0.480 e. The van der Waals surface area contributed by atoms with Crippen LogP contribution in [0, 0.1) is 5.92 Å². The molecule has 3 rings (SSSR count). The molecule has 0 amide bonds. The highest BCUT2D eigenvalue weighted by molar-refractivity contribution is 5.11. The third-order valence-electron chi connectivity index (χ3n) is 4.38. The quantitative estimate of drug-likeness (QED) is 0.821. The standard InChI is InChI=1S/C14H21N3O/c1-18-14-8-7-12(15-16-14)10-17-9-3-5-11-4-2-6-13(11)17/h7-8,11,13H,2-6,9-10H2,1H3/t11-,13-/m0/s1. The number of nitrogens with zero attached hydrogens (tertiary/aromatic N) is 3. The van der Waals surface area contributed by atoms with Gasteiger partial charge in [0.25, 0.3) is 0 Å². The van der Waals surface area contributed by atoms with E-state index in [0.29, 0.717) is 5.88 Å². The fraction of sp³-hybridized carbons (Fsp3) is 0.714. The highest BCUT2D eigenvalue weighted by Crippen LogP contribution is 2.37. The van der Waals surface area contributed by atoms with Crippen LogP contribution < -0.4 is 4.74 Å². The second kappa shape index (κ2) is 5.22. The molecule has 0 aromatic carbocycles. The summed E-state index contributed by atoms with van der Waals surface area (Å²) in [5.41, 5.74) is 1.06. The van der Waals surface area contributed by atoms with E-state index in [1.807, 2.05) is 12.1 Å². The molecule has 1 aliphatic carbocycles. The van der Waals surface area contributed by atoms with E-state index in [9.17, 15) is 0 Å². The zero-order valence-electron chi connectivity index (χ0n) is 11.0. The van der Waals surface area contributed by atoms with E-state index in [1.165, 1.54) is 38.6 Å². The largest absolute Gasteiger partial charge is 0.480 e. The van der Waals surface area contributed by atoms with Crippen molar-refractivity contribution in [2.75, 3.05) is 13.7 Å². The molecule has 0 bridgehead atoms. The number of methoxy groups -OCH3 is 1. The SMILES string of the molecule is COc1ccc(CN2CCC[C@@H]3CCC[C@@H]32)nn1. The van der Waals surface area contributed by atoms with Gasteiger partial charge in [-0.3, -0.25) is 4.90 Å². The Labute approximate surface area is 108 Å². The minimum atomic E-state index is 0.594. The topological polar surface area (TPSA) is 38.2 Å². The van der Waals surface area contributed by atoms with E-state index in [4.69, 9.17) is 4.74 Å². The molecule has 4 nitrogen and oxygen atoms in total. The molecule has 2 heterocycles. The number of ether oxygens (including phenoxy) is 1. The van der Waals surface area contributed by atoms with Crippen molar-refractivity contribution >= 4 is 0 Å². The van der Waals surface area contributed by atoms with E-state index in [1.54, 1.807) is 7.11 Å². The lowest BCUT2D eigenvalue weighted by Gasteiger charge is -2.37. The lowest BCUT2D eigenvalue weighted by Crippen LogP contribution is -2.42. The first-order valence-corrected chi connectivity index (χ1v) is 6.97. The second-order valence-electron chi connectivity index (χ2n) is 5.44. The van der Waals surface area contributed by atoms with Crippen molar-refractivity contribution in [1.29, 1.82) is 0 Å². The summed E-state index contributed by atoms with van der Waals surface area (Å²) in [5, 5.41) is 8.29. The molecule has 1 saturated carbocycles. The number of hydrogen-bond donors (Lipinski definition) is 0. The van der Waals surface area contributed by atoms with Gasteiger partial charge in [0, 0.05) is 18.7 Å². The van der Waals surface area contributed by atoms with Gasteiger partial charge in [-0.25, -0.2) is 0 Å². The molecule has 1 aromatic heterocycles. The van der Waals surface area contributed by atoms with Gasteiger partial charge in [0.1, 0.15) is 0 Å². The zero-order chi connectivity index (χ0) is 12.4. The summed E-state index contributed by atoms with van der Waals surface area (Å²) in [6.07, 6.45) is 6.96. The van der Waals surface area contributed by atoms with Gasteiger partial charge in [-0.2, -0.15) is 5.10 Å². The molecule has 0 unspecified atom stereocenters. The van der Waals surface area contributed by atoms with Gasteiger partial charge in [0.2, 0.25) is 5.88 Å². The van der Waals surface area contributed by atoms with Crippen LogP contribution in [0.3, 0.4) is 0 Å². The van der Waals surface area contributed by atoms with Crippen LogP contribution in [-0.4, -0.2) is 34.8 Å². The van der Waals surface area contributed by atoms with Gasteiger partial charge in [-0.1, -0.05) is 6.42 Å². The van der Waals surface area contributed by atoms with E-state index < -0.39 is 0 Å². The van der Waals surface area contributed by atoms with Crippen LogP contribution in [0.4, 0.5) is 0 Å². The first-order chi connectivity index (χ1) is 8.86. The predicted molar refractivity (Wildman–Crippen MR) is 69.4 cm³/mol. The van der Waals surface area contributed by atoms with Crippen molar-refractivity contribution in [1.82, 2.24) is 15.1 Å². The van der Waals surface area contributed by atoms with Gasteiger partial charge in [-0.15, -0.1) is 5.10 Å². The van der Waals surface area contributed by atoms with Crippen molar-refractivity contribution < 1.29 is 4.74 Å². The van der Waals surface area contributed by atoms with Crippen molar-refractivity contribution in [3.63, 3.8) is 0 Å². The lowest BCUT2D eigenvalue weighted by molar-refractivity contribution is 0.104. The molecule has 18 heavy (non-hydrogen) atoms. The van der Waals surface area contributed by atoms with Crippen molar-refractivity contribution in [3.05, 3.63) is 17.8 Å². The molecule has 1 saturated heterocycles. The van der Waals surface area contributed by atoms with Gasteiger partial charge in [-0.05, 0) is 44.2 Å². The molecule has 0 N–H and O–H groups in total. The van der Waals surface area contributed by atoms with Crippen molar-refractivity contribution in [2.24, 2.45) is 5.92 Å². The van der Waals surface area contributed by atoms with Crippen LogP contribution in [0.2, 0.25) is 0 Å². The van der Waals surface area contributed by atoms with Crippen LogP contribution in [0.15, 0.2) is 12.1 Å². The number of rotatable bonds is 3. The molecule has 2 aliphatic rings. The van der Waals surface area contributed by atoms with Crippen molar-refractivity contribution in [3.8, 4) is 5.88 Å². The molecular formula is C14H21N3O. The van der Waals surface area contributed by atoms with Crippen LogP contribution in [0.25, 0.3) is 0 Å². The Morgan fingerprint density at radius 1 is 1.22 bits per heavy atom. The molecular weight excluding hydrogens is 226 g/mol. The summed E-state index contributed by atoms with van der Waals surface area (Å²) in [4.78, 5) is 2.61. The number of piperidine rings is 1. The average Bonchev–Trinajstić information content (AvgIpc) is 2.89. The monoisotopic (exact) mass is 247 g/mol. The molecule has 98 valence electrons. The average molecular weight is 247 g/mol. The molecule has 0 spiro atoms. The molecule has 2 atom stereocenters. The maximum Gasteiger partial charge on any atom is 0.233 e. The van der Waals surface area contributed by atoms with E-state index in [2.05, 4.69) is 15.1 Å². The molecule has 0 radical (unpaired) electrons. The van der Waals surface area contributed by atoms with Crippen molar-refractivity contribution in [2.45, 2.75) is 44.7 Å². The van der Waals surface area contributed by atoms with E-state index in [-0.39, 0.29) is 0 Å². The Morgan fingerprint density at radius 3 is 2.89 bits per heavy atom. The van der Waals surface area contributed by atoms with Gasteiger partial charge in [0.05, 0.1) is 12.8 Å². The fourth-order valence-electron chi connectivity index (χ4n) is 3.50. The third kappa shape index (κ3) is 2.34. The number of aromatic nitrogens is 2. The summed E-state index contributed by atoms with van der Waals surface area (Å²) >= 11 is 0. The Bertz CT molecular complexity index is 393. The fourth-order valence-corrected chi connectivity index (χ4v) is 3.50. The summed E-state index contributed by atoms with van der Waals surface area (Å²) in [5.74, 6) is 1.53. The minimum absolute atomic E-state index is 0.594. The summed E-state index contributed by atoms with van der Waals surface area (Å²) in [6, 6.07) is 4.73. The molecule has 2 fully saturated rings. The Kier molecular flexibility index (Phi) is 3.46. The normalized spacial score (nSPS) is 28.1. The first kappa shape index (κ1) is 11.9. The maximum atomic E-state index is 5.04. The second-order valence-corrected chi connectivity index (χ2v) is 5.44. The molecule has 4 heteroatoms. The van der Waals surface area contributed by atoms with Crippen LogP contribution in [0.5, 0.6) is 5.88 Å². The summed E-state index contributed by atoms with van der Waals surface area (Å²) in [6.45, 7) is 2.16. The first-order valence-electron chi connectivity index (χ1n) is 6.97. The summed E-state index contributed by atoms with van der Waals surface area (Å²) < 4.78 is 5.04. The van der Waals surface area contributed by atoms with Crippen LogP contribution >= 0.6 is 0 Å². The third-order valence-corrected chi connectivity index (χ3v) is 4.38. The molecule has 1 aromatic rings. The zero-order valence-corrected chi connectivity index (χ0v) is 11.0. The van der Waals surface area contributed by atoms with Crippen LogP contribution in [-0.2, 0) is 6.54 Å². The number of fused-ring (bicyclic) bond motifs is 1. The molecule has 1 aliphatic heterocycles. The Balaban J connectivity index is 1.67. The number of likely N-dealkylation sites (tertiary alicyclic amines) is 1. The lowest BCUT2D eigenvalue weighted by atomic mass is 9.92. The smallest absolute Gasteiger partial charge is 0.233 e.